The second-order valence-electron chi connectivity index (χ2n) is 6.81. The van der Waals surface area contributed by atoms with Crippen molar-refractivity contribution < 1.29 is 17.7 Å². The van der Waals surface area contributed by atoms with Gasteiger partial charge < -0.3 is 9.84 Å². The highest BCUT2D eigenvalue weighted by molar-refractivity contribution is 7.98. The van der Waals surface area contributed by atoms with Gasteiger partial charge in [0.25, 0.3) is 0 Å². The van der Waals surface area contributed by atoms with Crippen molar-refractivity contribution in [1.29, 1.82) is 0 Å². The lowest BCUT2D eigenvalue weighted by molar-refractivity contribution is -0.123. The largest absolute Gasteiger partial charge is 0.346 e. The van der Waals surface area contributed by atoms with Crippen LogP contribution in [0.2, 0.25) is 0 Å². The molecule has 3 rings (SSSR count). The van der Waals surface area contributed by atoms with E-state index in [9.17, 15) is 13.2 Å². The highest BCUT2D eigenvalue weighted by atomic mass is 32.2. The van der Waals surface area contributed by atoms with Crippen LogP contribution in [0.4, 0.5) is 0 Å². The lowest BCUT2D eigenvalue weighted by Crippen LogP contribution is -2.46. The van der Waals surface area contributed by atoms with Crippen LogP contribution in [-0.4, -0.2) is 42.5 Å². The number of amides is 1. The first kappa shape index (κ1) is 20.8. The van der Waals surface area contributed by atoms with Crippen molar-refractivity contribution >= 4 is 27.7 Å². The van der Waals surface area contributed by atoms with Gasteiger partial charge in [-0.15, -0.1) is 0 Å². The predicted molar refractivity (Wildman–Crippen MR) is 106 cm³/mol. The quantitative estimate of drug-likeness (QED) is 0.599. The van der Waals surface area contributed by atoms with Crippen molar-refractivity contribution in [3.63, 3.8) is 0 Å². The molecule has 1 aromatic carbocycles. The fourth-order valence-electron chi connectivity index (χ4n) is 2.59. The maximum atomic E-state index is 12.6. The van der Waals surface area contributed by atoms with Crippen LogP contribution >= 0.6 is 11.8 Å². The lowest BCUT2D eigenvalue weighted by Gasteiger charge is -2.18. The van der Waals surface area contributed by atoms with E-state index in [4.69, 9.17) is 4.52 Å². The van der Waals surface area contributed by atoms with Crippen molar-refractivity contribution in [3.05, 3.63) is 41.5 Å². The third kappa shape index (κ3) is 5.55. The van der Waals surface area contributed by atoms with E-state index in [0.717, 1.165) is 18.4 Å². The summed E-state index contributed by atoms with van der Waals surface area (Å²) >= 11 is 1.54. The zero-order valence-electron chi connectivity index (χ0n) is 15.8. The lowest BCUT2D eigenvalue weighted by atomic mass is 10.2. The number of thioether (sulfide) groups is 1. The molecule has 1 aromatic heterocycles. The van der Waals surface area contributed by atoms with E-state index in [0.29, 0.717) is 29.8 Å². The summed E-state index contributed by atoms with van der Waals surface area (Å²) in [6, 6.07) is 5.61. The molecule has 0 bridgehead atoms. The first-order chi connectivity index (χ1) is 13.4. The molecule has 0 aliphatic heterocycles. The van der Waals surface area contributed by atoms with Gasteiger partial charge in [0, 0.05) is 5.92 Å². The van der Waals surface area contributed by atoms with E-state index in [2.05, 4.69) is 20.2 Å². The average molecular weight is 425 g/mol. The fourth-order valence-corrected chi connectivity index (χ4v) is 4.29. The normalized spacial score (nSPS) is 15.4. The average Bonchev–Trinajstić information content (AvgIpc) is 3.41. The molecule has 1 amide bonds. The topological polar surface area (TPSA) is 114 Å². The van der Waals surface area contributed by atoms with Gasteiger partial charge >= 0.3 is 0 Å². The Morgan fingerprint density at radius 2 is 2.04 bits per heavy atom. The van der Waals surface area contributed by atoms with E-state index in [1.54, 1.807) is 23.9 Å². The fraction of sp³-hybridized carbons (Fsp3) is 0.500. The molecule has 1 aliphatic rings. The zero-order valence-corrected chi connectivity index (χ0v) is 17.5. The first-order valence-electron chi connectivity index (χ1n) is 9.07. The summed E-state index contributed by atoms with van der Waals surface area (Å²) < 4.78 is 32.9. The molecule has 28 heavy (non-hydrogen) atoms. The molecular weight excluding hydrogens is 400 g/mol. The Morgan fingerprint density at radius 3 is 2.68 bits per heavy atom. The number of aryl methyl sites for hydroxylation is 1. The highest BCUT2D eigenvalue weighted by Gasteiger charge is 2.29. The maximum absolute atomic E-state index is 12.6. The van der Waals surface area contributed by atoms with Gasteiger partial charge in [-0.25, -0.2) is 8.42 Å². The molecule has 1 saturated carbocycles. The molecule has 10 heteroatoms. The SMILES string of the molecule is CSCCC(NS(=O)(=O)c1ccc(C)cc1)C(=O)NCc1nc(C2CC2)no1. The number of nitrogens with one attached hydrogen (secondary N) is 2. The summed E-state index contributed by atoms with van der Waals surface area (Å²) in [4.78, 5) is 17.0. The Hall–Kier alpha value is -1.91. The molecule has 1 heterocycles. The minimum atomic E-state index is -3.80. The van der Waals surface area contributed by atoms with Crippen LogP contribution in [0.3, 0.4) is 0 Å². The molecule has 1 unspecified atom stereocenters. The highest BCUT2D eigenvalue weighted by Crippen LogP contribution is 2.38. The van der Waals surface area contributed by atoms with Gasteiger partial charge in [0.05, 0.1) is 11.4 Å². The van der Waals surface area contributed by atoms with E-state index in [1.807, 2.05) is 13.2 Å². The predicted octanol–water partition coefficient (Wildman–Crippen LogP) is 1.97. The Morgan fingerprint density at radius 1 is 1.32 bits per heavy atom. The summed E-state index contributed by atoms with van der Waals surface area (Å²) in [5, 5.41) is 6.60. The molecule has 152 valence electrons. The number of hydrogen-bond acceptors (Lipinski definition) is 7. The Kier molecular flexibility index (Phi) is 6.73. The van der Waals surface area contributed by atoms with E-state index in [1.165, 1.54) is 12.1 Å². The summed E-state index contributed by atoms with van der Waals surface area (Å²) in [6.45, 7) is 1.95. The Bertz CT molecular complexity index is 908. The van der Waals surface area contributed by atoms with Crippen molar-refractivity contribution in [2.45, 2.75) is 49.6 Å². The number of carbonyl (C=O) groups excluding carboxylic acids is 1. The molecular formula is C18H24N4O4S2. The van der Waals surface area contributed by atoms with E-state index >= 15 is 0 Å². The Balaban J connectivity index is 1.63. The number of hydrogen-bond donors (Lipinski definition) is 2. The van der Waals surface area contributed by atoms with Gasteiger partial charge in [-0.05, 0) is 50.3 Å². The van der Waals surface area contributed by atoms with Gasteiger partial charge in [-0.3, -0.25) is 4.79 Å². The number of benzene rings is 1. The third-order valence-electron chi connectivity index (χ3n) is 4.40. The number of carbonyl (C=O) groups is 1. The van der Waals surface area contributed by atoms with Crippen LogP contribution in [0.25, 0.3) is 0 Å². The molecule has 2 aromatic rings. The standard InChI is InChI=1S/C18H24N4O4S2/c1-12-3-7-14(8-4-12)28(24,25)22-15(9-10-27-2)18(23)19-11-16-20-17(21-26-16)13-5-6-13/h3-4,7-8,13,15,22H,5-6,9-11H2,1-2H3,(H,19,23). The molecule has 1 aliphatic carbocycles. The molecule has 0 spiro atoms. The van der Waals surface area contributed by atoms with Crippen molar-refractivity contribution in [3.8, 4) is 0 Å². The van der Waals surface area contributed by atoms with Crippen LogP contribution in [0.15, 0.2) is 33.7 Å². The summed E-state index contributed by atoms with van der Waals surface area (Å²) in [7, 11) is -3.80. The number of nitrogens with zero attached hydrogens (tertiary/aromatic N) is 2. The monoisotopic (exact) mass is 424 g/mol. The second-order valence-corrected chi connectivity index (χ2v) is 9.51. The van der Waals surface area contributed by atoms with Gasteiger partial charge in [0.15, 0.2) is 5.82 Å². The third-order valence-corrected chi connectivity index (χ3v) is 6.53. The van der Waals surface area contributed by atoms with Crippen LogP contribution in [0, 0.1) is 6.92 Å². The van der Waals surface area contributed by atoms with Crippen LogP contribution in [0.5, 0.6) is 0 Å². The van der Waals surface area contributed by atoms with Gasteiger partial charge in [0.2, 0.25) is 21.8 Å². The molecule has 8 nitrogen and oxygen atoms in total. The first-order valence-corrected chi connectivity index (χ1v) is 11.9. The Labute approximate surface area is 168 Å². The van der Waals surface area contributed by atoms with Crippen molar-refractivity contribution in [2.24, 2.45) is 0 Å². The van der Waals surface area contributed by atoms with Gasteiger partial charge in [0.1, 0.15) is 6.04 Å². The number of sulfonamides is 1. The van der Waals surface area contributed by atoms with Crippen molar-refractivity contribution in [2.75, 3.05) is 12.0 Å². The van der Waals surface area contributed by atoms with E-state index < -0.39 is 22.0 Å². The smallest absolute Gasteiger partial charge is 0.246 e. The maximum Gasteiger partial charge on any atom is 0.246 e. The molecule has 0 saturated heterocycles. The molecule has 1 atom stereocenters. The van der Waals surface area contributed by atoms with Crippen LogP contribution < -0.4 is 10.0 Å². The minimum absolute atomic E-state index is 0.0700. The minimum Gasteiger partial charge on any atom is -0.346 e. The number of aromatic nitrogens is 2. The molecule has 0 radical (unpaired) electrons. The van der Waals surface area contributed by atoms with Gasteiger partial charge in [-0.2, -0.15) is 21.5 Å². The van der Waals surface area contributed by atoms with Gasteiger partial charge in [-0.1, -0.05) is 22.9 Å². The molecule has 1 fully saturated rings. The second kappa shape index (κ2) is 9.06. The van der Waals surface area contributed by atoms with Crippen LogP contribution in [-0.2, 0) is 21.4 Å². The number of rotatable bonds is 10. The van der Waals surface area contributed by atoms with E-state index in [-0.39, 0.29) is 11.4 Å². The summed E-state index contributed by atoms with van der Waals surface area (Å²) in [6.07, 6.45) is 4.39. The van der Waals surface area contributed by atoms with Crippen LogP contribution in [0.1, 0.15) is 42.5 Å². The molecule has 2 N–H and O–H groups in total. The summed E-state index contributed by atoms with van der Waals surface area (Å²) in [5.74, 6) is 1.57. The van der Waals surface area contributed by atoms with Crippen molar-refractivity contribution in [1.82, 2.24) is 20.2 Å². The zero-order chi connectivity index (χ0) is 20.1. The summed E-state index contributed by atoms with van der Waals surface area (Å²) in [5.41, 5.74) is 0.959.